The first-order chi connectivity index (χ1) is 9.49. The number of nitrogens with one attached hydrogen (secondary N) is 1. The third-order valence-corrected chi connectivity index (χ3v) is 2.72. The molecule has 1 amide bonds. The zero-order valence-electron chi connectivity index (χ0n) is 10.6. The van der Waals surface area contributed by atoms with Crippen LogP contribution in [-0.2, 0) is 0 Å². The second-order valence-electron chi connectivity index (χ2n) is 4.19. The van der Waals surface area contributed by atoms with Gasteiger partial charge in [-0.2, -0.15) is 0 Å². The van der Waals surface area contributed by atoms with Gasteiger partial charge in [-0.1, -0.05) is 18.2 Å². The Bertz CT molecular complexity index is 683. The number of rotatable bonds is 3. The van der Waals surface area contributed by atoms with Crippen LogP contribution < -0.4 is 5.32 Å². The van der Waals surface area contributed by atoms with E-state index < -0.39 is 23.1 Å². The summed E-state index contributed by atoms with van der Waals surface area (Å²) in [4.78, 5) is 23.1. The number of carbonyl (C=O) groups is 2. The van der Waals surface area contributed by atoms with Gasteiger partial charge in [0.2, 0.25) is 0 Å². The molecule has 1 N–H and O–H groups in total. The zero-order valence-corrected chi connectivity index (χ0v) is 10.6. The summed E-state index contributed by atoms with van der Waals surface area (Å²) in [6.07, 6.45) is 0. The van der Waals surface area contributed by atoms with Crippen molar-refractivity contribution in [1.29, 1.82) is 0 Å². The number of hydrogen-bond donors (Lipinski definition) is 1. The average Bonchev–Trinajstić information content (AvgIpc) is 2.42. The van der Waals surface area contributed by atoms with Crippen molar-refractivity contribution < 1.29 is 18.4 Å². The van der Waals surface area contributed by atoms with E-state index in [0.717, 1.165) is 6.07 Å². The molecule has 0 fully saturated rings. The quantitative estimate of drug-likeness (QED) is 0.872. The lowest BCUT2D eigenvalue weighted by Crippen LogP contribution is -2.14. The number of amides is 1. The molecule has 0 bridgehead atoms. The molecule has 2 aromatic rings. The molecule has 0 aliphatic heterocycles. The van der Waals surface area contributed by atoms with Gasteiger partial charge >= 0.3 is 0 Å². The number of ketones is 1. The van der Waals surface area contributed by atoms with Crippen molar-refractivity contribution >= 4 is 17.4 Å². The molecule has 0 unspecified atom stereocenters. The Kier molecular flexibility index (Phi) is 3.89. The van der Waals surface area contributed by atoms with Crippen LogP contribution in [0.25, 0.3) is 0 Å². The number of Topliss-reactive ketones (excluding diaryl/α,β-unsaturated/α-hetero) is 1. The lowest BCUT2D eigenvalue weighted by Gasteiger charge is -2.07. The van der Waals surface area contributed by atoms with Crippen LogP contribution in [-0.4, -0.2) is 11.7 Å². The van der Waals surface area contributed by atoms with E-state index in [9.17, 15) is 18.4 Å². The van der Waals surface area contributed by atoms with Crippen molar-refractivity contribution in [3.63, 3.8) is 0 Å². The van der Waals surface area contributed by atoms with E-state index in [1.54, 1.807) is 18.2 Å². The lowest BCUT2D eigenvalue weighted by atomic mass is 10.1. The molecule has 0 saturated carbocycles. The Hall–Kier alpha value is -2.56. The fourth-order valence-corrected chi connectivity index (χ4v) is 1.69. The molecule has 0 heterocycles. The molecule has 0 aliphatic carbocycles. The van der Waals surface area contributed by atoms with Crippen LogP contribution in [0.15, 0.2) is 42.5 Å². The summed E-state index contributed by atoms with van der Waals surface area (Å²) in [6, 6.07) is 9.58. The van der Waals surface area contributed by atoms with Crippen molar-refractivity contribution in [2.24, 2.45) is 0 Å². The van der Waals surface area contributed by atoms with E-state index in [0.29, 0.717) is 11.3 Å². The molecule has 0 spiro atoms. The minimum atomic E-state index is -1.20. The molecule has 0 saturated heterocycles. The first-order valence-electron chi connectivity index (χ1n) is 5.85. The summed E-state index contributed by atoms with van der Waals surface area (Å²) >= 11 is 0. The molecule has 0 aliphatic rings. The minimum Gasteiger partial charge on any atom is -0.322 e. The highest BCUT2D eigenvalue weighted by atomic mass is 19.2. The Balaban J connectivity index is 2.26. The van der Waals surface area contributed by atoms with Crippen LogP contribution >= 0.6 is 0 Å². The van der Waals surface area contributed by atoms with Gasteiger partial charge in [0.1, 0.15) is 0 Å². The van der Waals surface area contributed by atoms with Gasteiger partial charge in [-0.3, -0.25) is 9.59 Å². The van der Waals surface area contributed by atoms with Crippen molar-refractivity contribution in [3.8, 4) is 0 Å². The SMILES string of the molecule is CC(=O)c1cccc(NC(=O)c2cccc(F)c2F)c1. The van der Waals surface area contributed by atoms with Crippen molar-refractivity contribution in [1.82, 2.24) is 0 Å². The summed E-state index contributed by atoms with van der Waals surface area (Å²) in [5, 5.41) is 2.42. The molecule has 0 radical (unpaired) electrons. The van der Waals surface area contributed by atoms with Crippen LogP contribution in [0.4, 0.5) is 14.5 Å². The molecular weight excluding hydrogens is 264 g/mol. The Labute approximate surface area is 114 Å². The molecule has 20 heavy (non-hydrogen) atoms. The zero-order chi connectivity index (χ0) is 14.7. The maximum absolute atomic E-state index is 13.5. The van der Waals surface area contributed by atoms with E-state index in [4.69, 9.17) is 0 Å². The Morgan fingerprint density at radius 3 is 2.45 bits per heavy atom. The predicted octanol–water partition coefficient (Wildman–Crippen LogP) is 3.42. The van der Waals surface area contributed by atoms with Crippen LogP contribution in [0.2, 0.25) is 0 Å². The molecule has 5 heteroatoms. The Morgan fingerprint density at radius 1 is 1.05 bits per heavy atom. The van der Waals surface area contributed by atoms with Crippen molar-refractivity contribution in [2.75, 3.05) is 5.32 Å². The molecule has 0 aromatic heterocycles. The fourth-order valence-electron chi connectivity index (χ4n) is 1.69. The highest BCUT2D eigenvalue weighted by Gasteiger charge is 2.15. The summed E-state index contributed by atoms with van der Waals surface area (Å²) in [5.74, 6) is -3.22. The van der Waals surface area contributed by atoms with Crippen LogP contribution in [0.3, 0.4) is 0 Å². The highest BCUT2D eigenvalue weighted by Crippen LogP contribution is 2.16. The maximum atomic E-state index is 13.5. The number of anilines is 1. The maximum Gasteiger partial charge on any atom is 0.258 e. The van der Waals surface area contributed by atoms with E-state index >= 15 is 0 Å². The second kappa shape index (κ2) is 5.61. The van der Waals surface area contributed by atoms with Gasteiger partial charge in [-0.15, -0.1) is 0 Å². The van der Waals surface area contributed by atoms with E-state index in [1.165, 1.54) is 25.1 Å². The number of benzene rings is 2. The van der Waals surface area contributed by atoms with Gasteiger partial charge in [0.05, 0.1) is 5.56 Å². The number of halogens is 2. The minimum absolute atomic E-state index is 0.155. The summed E-state index contributed by atoms with van der Waals surface area (Å²) in [7, 11) is 0. The highest BCUT2D eigenvalue weighted by molar-refractivity contribution is 6.05. The summed E-state index contributed by atoms with van der Waals surface area (Å²) < 4.78 is 26.5. The number of hydrogen-bond acceptors (Lipinski definition) is 2. The largest absolute Gasteiger partial charge is 0.322 e. The third-order valence-electron chi connectivity index (χ3n) is 2.72. The fraction of sp³-hybridized carbons (Fsp3) is 0.0667. The van der Waals surface area contributed by atoms with Crippen molar-refractivity contribution in [3.05, 3.63) is 65.2 Å². The van der Waals surface area contributed by atoms with Gasteiger partial charge in [0.15, 0.2) is 17.4 Å². The lowest BCUT2D eigenvalue weighted by molar-refractivity contribution is 0.100. The molecular formula is C15H11F2NO2. The molecule has 2 rings (SSSR count). The van der Waals surface area contributed by atoms with Gasteiger partial charge in [-0.05, 0) is 31.2 Å². The third kappa shape index (κ3) is 2.88. The first-order valence-corrected chi connectivity index (χ1v) is 5.85. The second-order valence-corrected chi connectivity index (χ2v) is 4.19. The standard InChI is InChI=1S/C15H11F2NO2/c1-9(19)10-4-2-5-11(8-10)18-15(20)12-6-3-7-13(16)14(12)17/h2-8H,1H3,(H,18,20). The average molecular weight is 275 g/mol. The molecule has 0 atom stereocenters. The normalized spacial score (nSPS) is 10.2. The monoisotopic (exact) mass is 275 g/mol. The Morgan fingerprint density at radius 2 is 1.75 bits per heavy atom. The van der Waals surface area contributed by atoms with Crippen LogP contribution in [0, 0.1) is 11.6 Å². The summed E-state index contributed by atoms with van der Waals surface area (Å²) in [5.41, 5.74) is 0.368. The predicted molar refractivity (Wildman–Crippen MR) is 70.8 cm³/mol. The smallest absolute Gasteiger partial charge is 0.258 e. The van der Waals surface area contributed by atoms with E-state index in [2.05, 4.69) is 5.32 Å². The molecule has 102 valence electrons. The molecule has 3 nitrogen and oxygen atoms in total. The van der Waals surface area contributed by atoms with Crippen molar-refractivity contribution in [2.45, 2.75) is 6.92 Å². The van der Waals surface area contributed by atoms with Gasteiger partial charge in [0, 0.05) is 11.3 Å². The molecule has 2 aromatic carbocycles. The topological polar surface area (TPSA) is 46.2 Å². The van der Waals surface area contributed by atoms with Crippen LogP contribution in [0.1, 0.15) is 27.6 Å². The van der Waals surface area contributed by atoms with Gasteiger partial charge in [0.25, 0.3) is 5.91 Å². The van der Waals surface area contributed by atoms with Gasteiger partial charge < -0.3 is 5.32 Å². The van der Waals surface area contributed by atoms with Crippen LogP contribution in [0.5, 0.6) is 0 Å². The van der Waals surface area contributed by atoms with E-state index in [1.807, 2.05) is 0 Å². The number of carbonyl (C=O) groups excluding carboxylic acids is 2. The summed E-state index contributed by atoms with van der Waals surface area (Å²) in [6.45, 7) is 1.40. The first kappa shape index (κ1) is 13.9. The van der Waals surface area contributed by atoms with Gasteiger partial charge in [-0.25, -0.2) is 8.78 Å². The van der Waals surface area contributed by atoms with E-state index in [-0.39, 0.29) is 5.78 Å².